The zero-order chi connectivity index (χ0) is 9.42. The monoisotopic (exact) mass is 180 g/mol. The lowest BCUT2D eigenvalue weighted by Crippen LogP contribution is -2.17. The van der Waals surface area contributed by atoms with Gasteiger partial charge in [0.2, 0.25) is 0 Å². The van der Waals surface area contributed by atoms with Crippen LogP contribution in [-0.4, -0.2) is 11.1 Å². The topological polar surface area (TPSA) is 50.4 Å². The molecule has 0 saturated heterocycles. The van der Waals surface area contributed by atoms with Gasteiger partial charge in [0.1, 0.15) is 5.76 Å². The number of furan rings is 1. The summed E-state index contributed by atoms with van der Waals surface area (Å²) in [6.07, 6.45) is 4.19. The Morgan fingerprint density at radius 3 is 3.15 bits per heavy atom. The Bertz CT molecular complexity index is 338. The summed E-state index contributed by atoms with van der Waals surface area (Å²) >= 11 is 0. The molecule has 1 unspecified atom stereocenters. The lowest BCUT2D eigenvalue weighted by molar-refractivity contribution is -0.139. The average molecular weight is 180 g/mol. The molecule has 0 bridgehead atoms. The van der Waals surface area contributed by atoms with Gasteiger partial charge in [0.15, 0.2) is 0 Å². The van der Waals surface area contributed by atoms with Crippen molar-refractivity contribution in [2.75, 3.05) is 0 Å². The maximum Gasteiger partial charge on any atom is 0.311 e. The standard InChI is InChI=1S/C10H12O3/c1-6-5-13-8-4-2-3-7(9(6)8)10(11)12/h5,7H,2-4H2,1H3,(H,11,12). The second kappa shape index (κ2) is 2.91. The molecule has 0 spiro atoms. The minimum atomic E-state index is -0.731. The van der Waals surface area contributed by atoms with Crippen molar-refractivity contribution in [3.63, 3.8) is 0 Å². The molecule has 1 aliphatic rings. The van der Waals surface area contributed by atoms with Gasteiger partial charge in [-0.3, -0.25) is 4.79 Å². The SMILES string of the molecule is Cc1coc2c1C(C(=O)O)CCC2. The van der Waals surface area contributed by atoms with Crippen molar-refractivity contribution in [1.82, 2.24) is 0 Å². The number of fused-ring (bicyclic) bond motifs is 1. The van der Waals surface area contributed by atoms with E-state index < -0.39 is 5.97 Å². The van der Waals surface area contributed by atoms with Gasteiger partial charge in [-0.25, -0.2) is 0 Å². The minimum absolute atomic E-state index is 0.345. The van der Waals surface area contributed by atoms with Crippen molar-refractivity contribution in [2.45, 2.75) is 32.1 Å². The Morgan fingerprint density at radius 2 is 2.46 bits per heavy atom. The molecule has 3 nitrogen and oxygen atoms in total. The number of aliphatic carboxylic acids is 1. The van der Waals surface area contributed by atoms with E-state index in [9.17, 15) is 4.79 Å². The van der Waals surface area contributed by atoms with Crippen molar-refractivity contribution < 1.29 is 14.3 Å². The molecule has 0 saturated carbocycles. The van der Waals surface area contributed by atoms with Gasteiger partial charge in [0, 0.05) is 12.0 Å². The van der Waals surface area contributed by atoms with Crippen LogP contribution in [0.5, 0.6) is 0 Å². The van der Waals surface area contributed by atoms with Crippen molar-refractivity contribution in [1.29, 1.82) is 0 Å². The predicted molar refractivity (Wildman–Crippen MR) is 46.8 cm³/mol. The smallest absolute Gasteiger partial charge is 0.311 e. The first-order chi connectivity index (χ1) is 6.20. The van der Waals surface area contributed by atoms with E-state index in [1.165, 1.54) is 0 Å². The molecule has 0 aromatic carbocycles. The summed E-state index contributed by atoms with van der Waals surface area (Å²) in [4.78, 5) is 10.9. The Balaban J connectivity index is 2.46. The van der Waals surface area contributed by atoms with E-state index in [0.29, 0.717) is 0 Å². The van der Waals surface area contributed by atoms with Crippen molar-refractivity contribution in [2.24, 2.45) is 0 Å². The highest BCUT2D eigenvalue weighted by atomic mass is 16.4. The van der Waals surface area contributed by atoms with E-state index in [-0.39, 0.29) is 5.92 Å². The predicted octanol–water partition coefficient (Wildman–Crippen LogP) is 2.09. The molecule has 2 rings (SSSR count). The zero-order valence-corrected chi connectivity index (χ0v) is 7.54. The second-order valence-corrected chi connectivity index (χ2v) is 3.54. The van der Waals surface area contributed by atoms with Gasteiger partial charge in [-0.15, -0.1) is 0 Å². The Hall–Kier alpha value is -1.25. The van der Waals surface area contributed by atoms with E-state index in [0.717, 1.165) is 36.1 Å². The molecule has 0 aliphatic heterocycles. The van der Waals surface area contributed by atoms with E-state index in [4.69, 9.17) is 9.52 Å². The van der Waals surface area contributed by atoms with E-state index in [1.807, 2.05) is 6.92 Å². The summed E-state index contributed by atoms with van der Waals surface area (Å²) in [5, 5.41) is 8.99. The molecule has 1 aliphatic carbocycles. The van der Waals surface area contributed by atoms with Crippen LogP contribution in [0.1, 0.15) is 35.6 Å². The highest BCUT2D eigenvalue weighted by Gasteiger charge is 2.29. The lowest BCUT2D eigenvalue weighted by Gasteiger charge is -2.18. The molecule has 1 aromatic heterocycles. The van der Waals surface area contributed by atoms with Gasteiger partial charge in [-0.1, -0.05) is 0 Å². The third-order valence-electron chi connectivity index (χ3n) is 2.65. The summed E-state index contributed by atoms with van der Waals surface area (Å²) in [5.41, 5.74) is 1.89. The summed E-state index contributed by atoms with van der Waals surface area (Å²) < 4.78 is 5.30. The second-order valence-electron chi connectivity index (χ2n) is 3.54. The van der Waals surface area contributed by atoms with Crippen LogP contribution in [0.2, 0.25) is 0 Å². The zero-order valence-electron chi connectivity index (χ0n) is 7.54. The van der Waals surface area contributed by atoms with Crippen molar-refractivity contribution in [3.05, 3.63) is 23.2 Å². The highest BCUT2D eigenvalue weighted by Crippen LogP contribution is 2.35. The van der Waals surface area contributed by atoms with E-state index >= 15 is 0 Å². The average Bonchev–Trinajstić information content (AvgIpc) is 2.48. The number of aryl methyl sites for hydroxylation is 2. The molecule has 1 N–H and O–H groups in total. The van der Waals surface area contributed by atoms with Crippen LogP contribution in [0.25, 0.3) is 0 Å². The first kappa shape index (κ1) is 8.35. The van der Waals surface area contributed by atoms with Crippen LogP contribution in [0.3, 0.4) is 0 Å². The third-order valence-corrected chi connectivity index (χ3v) is 2.65. The van der Waals surface area contributed by atoms with E-state index in [2.05, 4.69) is 0 Å². The van der Waals surface area contributed by atoms with E-state index in [1.54, 1.807) is 6.26 Å². The van der Waals surface area contributed by atoms with Crippen molar-refractivity contribution >= 4 is 5.97 Å². The van der Waals surface area contributed by atoms with Gasteiger partial charge in [-0.05, 0) is 25.3 Å². The van der Waals surface area contributed by atoms with Crippen LogP contribution in [0, 0.1) is 6.92 Å². The summed E-state index contributed by atoms with van der Waals surface area (Å²) in [7, 11) is 0. The van der Waals surface area contributed by atoms with Gasteiger partial charge < -0.3 is 9.52 Å². The molecular weight excluding hydrogens is 168 g/mol. The molecule has 1 atom stereocenters. The molecular formula is C10H12O3. The fraction of sp³-hybridized carbons (Fsp3) is 0.500. The summed E-state index contributed by atoms with van der Waals surface area (Å²) in [5.74, 6) is -0.205. The van der Waals surface area contributed by atoms with Crippen LogP contribution < -0.4 is 0 Å². The van der Waals surface area contributed by atoms with Crippen LogP contribution >= 0.6 is 0 Å². The maximum absolute atomic E-state index is 10.9. The molecule has 13 heavy (non-hydrogen) atoms. The van der Waals surface area contributed by atoms with Gasteiger partial charge in [0.25, 0.3) is 0 Å². The fourth-order valence-electron chi connectivity index (χ4n) is 2.03. The number of carbonyl (C=O) groups is 1. The molecule has 3 heteroatoms. The number of rotatable bonds is 1. The number of carboxylic acid groups (broad SMARTS) is 1. The first-order valence-electron chi connectivity index (χ1n) is 4.50. The van der Waals surface area contributed by atoms with Crippen LogP contribution in [-0.2, 0) is 11.2 Å². The molecule has 0 fully saturated rings. The molecule has 1 heterocycles. The Morgan fingerprint density at radius 1 is 1.69 bits per heavy atom. The van der Waals surface area contributed by atoms with Gasteiger partial charge in [0.05, 0.1) is 12.2 Å². The van der Waals surface area contributed by atoms with Crippen LogP contribution in [0.4, 0.5) is 0 Å². The lowest BCUT2D eigenvalue weighted by atomic mass is 9.85. The Labute approximate surface area is 76.4 Å². The minimum Gasteiger partial charge on any atom is -0.481 e. The summed E-state index contributed by atoms with van der Waals surface area (Å²) in [6.45, 7) is 1.91. The number of carboxylic acids is 1. The normalized spacial score (nSPS) is 21.2. The first-order valence-corrected chi connectivity index (χ1v) is 4.50. The summed E-state index contributed by atoms with van der Waals surface area (Å²) in [6, 6.07) is 0. The van der Waals surface area contributed by atoms with Gasteiger partial charge >= 0.3 is 5.97 Å². The largest absolute Gasteiger partial charge is 0.481 e. The maximum atomic E-state index is 10.9. The van der Waals surface area contributed by atoms with Crippen LogP contribution in [0.15, 0.2) is 10.7 Å². The third kappa shape index (κ3) is 1.24. The Kier molecular flexibility index (Phi) is 1.87. The molecule has 0 radical (unpaired) electrons. The van der Waals surface area contributed by atoms with Gasteiger partial charge in [-0.2, -0.15) is 0 Å². The fourth-order valence-corrected chi connectivity index (χ4v) is 2.03. The van der Waals surface area contributed by atoms with Crippen molar-refractivity contribution in [3.8, 4) is 0 Å². The number of hydrogen-bond acceptors (Lipinski definition) is 2. The molecule has 0 amide bonds. The highest BCUT2D eigenvalue weighted by molar-refractivity contribution is 5.77. The number of hydrogen-bond donors (Lipinski definition) is 1. The molecule has 70 valence electrons. The molecule has 1 aromatic rings. The quantitative estimate of drug-likeness (QED) is 0.719.